The van der Waals surface area contributed by atoms with Crippen molar-refractivity contribution in [3.05, 3.63) is 68.6 Å². The Morgan fingerprint density at radius 1 is 1.33 bits per heavy atom. The van der Waals surface area contributed by atoms with E-state index >= 15 is 0 Å². The number of hydrogen-bond acceptors (Lipinski definition) is 5. The molecule has 7 nitrogen and oxygen atoms in total. The summed E-state index contributed by atoms with van der Waals surface area (Å²) in [4.78, 5) is 18.7. The van der Waals surface area contributed by atoms with Crippen molar-refractivity contribution in [2.75, 3.05) is 6.54 Å². The molecular weight excluding hydrogens is 326 g/mol. The van der Waals surface area contributed by atoms with Gasteiger partial charge in [0, 0.05) is 35.8 Å². The second-order valence-electron chi connectivity index (χ2n) is 4.86. The van der Waals surface area contributed by atoms with Crippen molar-refractivity contribution in [1.29, 1.82) is 0 Å². The van der Waals surface area contributed by atoms with Gasteiger partial charge in [-0.25, -0.2) is 4.68 Å². The standard InChI is InChI=1S/C16H15N5O2S/c1-2-17-16-20(19-10-13-4-3-9-18-13)15(11-24-16)12-5-7-14(8-6-12)21(22)23/h3-11,18H,2H2,1H3. The smallest absolute Gasteiger partial charge is 0.269 e. The fourth-order valence-corrected chi connectivity index (χ4v) is 3.05. The lowest BCUT2D eigenvalue weighted by Gasteiger charge is -2.03. The van der Waals surface area contributed by atoms with Gasteiger partial charge in [0.2, 0.25) is 4.80 Å². The quantitative estimate of drug-likeness (QED) is 0.438. The van der Waals surface area contributed by atoms with E-state index in [1.54, 1.807) is 23.0 Å². The average Bonchev–Trinajstić information content (AvgIpc) is 3.23. The molecular formula is C16H15N5O2S. The molecule has 0 spiro atoms. The van der Waals surface area contributed by atoms with Gasteiger partial charge in [0.1, 0.15) is 0 Å². The van der Waals surface area contributed by atoms with Gasteiger partial charge >= 0.3 is 0 Å². The first-order chi connectivity index (χ1) is 11.7. The summed E-state index contributed by atoms with van der Waals surface area (Å²) in [5.41, 5.74) is 2.63. The van der Waals surface area contributed by atoms with Crippen LogP contribution < -0.4 is 4.80 Å². The topological polar surface area (TPSA) is 88.6 Å². The minimum Gasteiger partial charge on any atom is -0.360 e. The molecule has 8 heteroatoms. The molecule has 24 heavy (non-hydrogen) atoms. The third-order valence-corrected chi connectivity index (χ3v) is 4.14. The Kier molecular flexibility index (Phi) is 4.66. The maximum Gasteiger partial charge on any atom is 0.269 e. The lowest BCUT2D eigenvalue weighted by atomic mass is 10.1. The molecule has 3 aromatic rings. The zero-order valence-electron chi connectivity index (χ0n) is 12.9. The molecule has 0 saturated heterocycles. The van der Waals surface area contributed by atoms with Crippen LogP contribution in [0.1, 0.15) is 12.6 Å². The van der Waals surface area contributed by atoms with Crippen molar-refractivity contribution in [1.82, 2.24) is 9.66 Å². The van der Waals surface area contributed by atoms with Crippen molar-refractivity contribution in [2.24, 2.45) is 10.1 Å². The largest absolute Gasteiger partial charge is 0.360 e. The fraction of sp³-hybridized carbons (Fsp3) is 0.125. The second-order valence-corrected chi connectivity index (χ2v) is 5.70. The lowest BCUT2D eigenvalue weighted by molar-refractivity contribution is -0.384. The predicted octanol–water partition coefficient (Wildman–Crippen LogP) is 3.26. The minimum absolute atomic E-state index is 0.0638. The Bertz CT molecular complexity index is 920. The number of rotatable bonds is 5. The Balaban J connectivity index is 2.04. The first-order valence-electron chi connectivity index (χ1n) is 7.32. The molecule has 1 N–H and O–H groups in total. The highest BCUT2D eigenvalue weighted by atomic mass is 32.1. The van der Waals surface area contributed by atoms with Gasteiger partial charge in [0.15, 0.2) is 0 Å². The SMILES string of the molecule is CCN=c1scc(-c2ccc([N+](=O)[O-])cc2)n1N=Cc1ccc[nH]1. The predicted molar refractivity (Wildman–Crippen MR) is 94.3 cm³/mol. The van der Waals surface area contributed by atoms with Crippen molar-refractivity contribution in [3.8, 4) is 11.3 Å². The summed E-state index contributed by atoms with van der Waals surface area (Å²) in [5.74, 6) is 0. The Morgan fingerprint density at radius 3 is 2.75 bits per heavy atom. The van der Waals surface area contributed by atoms with Crippen LogP contribution in [0.2, 0.25) is 0 Å². The van der Waals surface area contributed by atoms with Crippen LogP contribution in [0.5, 0.6) is 0 Å². The molecule has 0 saturated carbocycles. The zero-order chi connectivity index (χ0) is 16.9. The van der Waals surface area contributed by atoms with Crippen molar-refractivity contribution >= 4 is 23.2 Å². The molecule has 0 unspecified atom stereocenters. The monoisotopic (exact) mass is 341 g/mol. The van der Waals surface area contributed by atoms with E-state index in [9.17, 15) is 10.1 Å². The highest BCUT2D eigenvalue weighted by molar-refractivity contribution is 7.07. The van der Waals surface area contributed by atoms with E-state index in [0.29, 0.717) is 6.54 Å². The van der Waals surface area contributed by atoms with Crippen LogP contribution in [0.25, 0.3) is 11.3 Å². The molecule has 1 aromatic carbocycles. The van der Waals surface area contributed by atoms with E-state index in [1.807, 2.05) is 30.6 Å². The normalized spacial score (nSPS) is 12.1. The number of nitrogens with zero attached hydrogens (tertiary/aromatic N) is 4. The molecule has 3 rings (SSSR count). The van der Waals surface area contributed by atoms with E-state index in [1.165, 1.54) is 23.5 Å². The van der Waals surface area contributed by atoms with Gasteiger partial charge in [0.25, 0.3) is 5.69 Å². The minimum atomic E-state index is -0.410. The summed E-state index contributed by atoms with van der Waals surface area (Å²) in [6.45, 7) is 2.61. The number of benzene rings is 1. The number of non-ortho nitro benzene ring substituents is 1. The molecule has 0 bridgehead atoms. The first kappa shape index (κ1) is 15.9. The van der Waals surface area contributed by atoms with Gasteiger partial charge in [0.05, 0.1) is 22.5 Å². The highest BCUT2D eigenvalue weighted by Gasteiger charge is 2.10. The third-order valence-electron chi connectivity index (χ3n) is 3.29. The number of H-pyrrole nitrogens is 1. The van der Waals surface area contributed by atoms with E-state index in [-0.39, 0.29) is 5.69 Å². The first-order valence-corrected chi connectivity index (χ1v) is 8.20. The van der Waals surface area contributed by atoms with E-state index in [0.717, 1.165) is 21.8 Å². The summed E-state index contributed by atoms with van der Waals surface area (Å²) in [5, 5.41) is 17.2. The number of aromatic nitrogens is 2. The molecule has 0 amide bonds. The summed E-state index contributed by atoms with van der Waals surface area (Å²) in [6, 6.07) is 10.2. The maximum atomic E-state index is 10.8. The van der Waals surface area contributed by atoms with Crippen molar-refractivity contribution in [2.45, 2.75) is 6.92 Å². The molecule has 2 aromatic heterocycles. The zero-order valence-corrected chi connectivity index (χ0v) is 13.7. The van der Waals surface area contributed by atoms with Crippen LogP contribution in [0.15, 0.2) is 58.1 Å². The Labute approximate surface area is 141 Å². The molecule has 0 aliphatic heterocycles. The van der Waals surface area contributed by atoms with Crippen LogP contribution >= 0.6 is 11.3 Å². The van der Waals surface area contributed by atoms with Gasteiger partial charge in [-0.05, 0) is 31.2 Å². The third kappa shape index (κ3) is 3.33. The summed E-state index contributed by atoms with van der Waals surface area (Å²) in [6.07, 6.45) is 3.55. The highest BCUT2D eigenvalue weighted by Crippen LogP contribution is 2.23. The number of aromatic amines is 1. The van der Waals surface area contributed by atoms with Crippen LogP contribution in [0, 0.1) is 10.1 Å². The number of hydrogen-bond donors (Lipinski definition) is 1. The van der Waals surface area contributed by atoms with E-state index < -0.39 is 4.92 Å². The summed E-state index contributed by atoms with van der Waals surface area (Å²) in [7, 11) is 0. The number of nitrogens with one attached hydrogen (secondary N) is 1. The number of thiazole rings is 1. The molecule has 0 fully saturated rings. The van der Waals surface area contributed by atoms with Gasteiger partial charge in [-0.1, -0.05) is 0 Å². The molecule has 0 aliphatic carbocycles. The second kappa shape index (κ2) is 7.05. The van der Waals surface area contributed by atoms with Crippen molar-refractivity contribution in [3.63, 3.8) is 0 Å². The van der Waals surface area contributed by atoms with Crippen LogP contribution in [0.4, 0.5) is 5.69 Å². The van der Waals surface area contributed by atoms with Gasteiger partial charge in [-0.2, -0.15) is 5.10 Å². The van der Waals surface area contributed by atoms with E-state index in [4.69, 9.17) is 0 Å². The van der Waals surface area contributed by atoms with Gasteiger partial charge in [-0.15, -0.1) is 11.3 Å². The Morgan fingerprint density at radius 2 is 2.12 bits per heavy atom. The number of nitro benzene ring substituents is 1. The van der Waals surface area contributed by atoms with Crippen LogP contribution in [-0.4, -0.2) is 27.3 Å². The molecule has 0 atom stereocenters. The fourth-order valence-electron chi connectivity index (χ4n) is 2.15. The van der Waals surface area contributed by atoms with E-state index in [2.05, 4.69) is 15.1 Å². The van der Waals surface area contributed by atoms with Gasteiger partial charge < -0.3 is 4.98 Å². The van der Waals surface area contributed by atoms with Gasteiger partial charge in [-0.3, -0.25) is 15.1 Å². The molecule has 122 valence electrons. The van der Waals surface area contributed by atoms with Crippen molar-refractivity contribution < 1.29 is 4.92 Å². The van der Waals surface area contributed by atoms with Crippen LogP contribution in [0.3, 0.4) is 0 Å². The maximum absolute atomic E-state index is 10.8. The Hall–Kier alpha value is -3.00. The average molecular weight is 341 g/mol. The summed E-state index contributed by atoms with van der Waals surface area (Å²) < 4.78 is 1.75. The lowest BCUT2D eigenvalue weighted by Crippen LogP contribution is -2.12. The molecule has 2 heterocycles. The molecule has 0 aliphatic rings. The van der Waals surface area contributed by atoms with Crippen LogP contribution in [-0.2, 0) is 0 Å². The summed E-state index contributed by atoms with van der Waals surface area (Å²) >= 11 is 1.48. The molecule has 0 radical (unpaired) electrons. The number of nitro groups is 1.